The van der Waals surface area contributed by atoms with Crippen LogP contribution in [0, 0.1) is 12.8 Å². The number of hydrogen-bond acceptors (Lipinski definition) is 4. The molecule has 0 unspecified atom stereocenters. The summed E-state index contributed by atoms with van der Waals surface area (Å²) >= 11 is 6.15. The largest absolute Gasteiger partial charge is 0.366 e. The van der Waals surface area contributed by atoms with Crippen molar-refractivity contribution in [1.82, 2.24) is 9.97 Å². The minimum Gasteiger partial charge on any atom is -0.366 e. The highest BCUT2D eigenvalue weighted by molar-refractivity contribution is 6.31. The maximum Gasteiger partial charge on any atom is 0.224 e. The van der Waals surface area contributed by atoms with E-state index in [1.807, 2.05) is 37.3 Å². The third-order valence-corrected chi connectivity index (χ3v) is 3.31. The van der Waals surface area contributed by atoms with Crippen LogP contribution in [0.4, 0.5) is 11.8 Å². The van der Waals surface area contributed by atoms with Gasteiger partial charge in [0.15, 0.2) is 0 Å². The van der Waals surface area contributed by atoms with Gasteiger partial charge in [0, 0.05) is 29.9 Å². The zero-order valence-electron chi connectivity index (χ0n) is 12.7. The summed E-state index contributed by atoms with van der Waals surface area (Å²) in [6, 6.07) is 9.72. The van der Waals surface area contributed by atoms with Crippen LogP contribution in [0.15, 0.2) is 30.3 Å². The molecule has 2 aromatic rings. The van der Waals surface area contributed by atoms with Crippen LogP contribution in [0.25, 0.3) is 0 Å². The van der Waals surface area contributed by atoms with E-state index in [9.17, 15) is 0 Å². The Hall–Kier alpha value is -1.81. The fourth-order valence-electron chi connectivity index (χ4n) is 1.86. The number of benzene rings is 1. The Kier molecular flexibility index (Phi) is 5.39. The van der Waals surface area contributed by atoms with Gasteiger partial charge in [-0.3, -0.25) is 0 Å². The average Bonchev–Trinajstić information content (AvgIpc) is 2.44. The summed E-state index contributed by atoms with van der Waals surface area (Å²) in [6.45, 7) is 7.76. The van der Waals surface area contributed by atoms with Gasteiger partial charge in [-0.2, -0.15) is 4.98 Å². The van der Waals surface area contributed by atoms with Crippen molar-refractivity contribution in [1.29, 1.82) is 0 Å². The van der Waals surface area contributed by atoms with Crippen molar-refractivity contribution >= 4 is 23.4 Å². The van der Waals surface area contributed by atoms with E-state index < -0.39 is 0 Å². The van der Waals surface area contributed by atoms with E-state index in [0.717, 1.165) is 28.6 Å². The zero-order valence-corrected chi connectivity index (χ0v) is 13.4. The lowest BCUT2D eigenvalue weighted by atomic mass is 10.2. The number of anilines is 2. The van der Waals surface area contributed by atoms with E-state index in [-0.39, 0.29) is 0 Å². The van der Waals surface area contributed by atoms with Gasteiger partial charge in [-0.15, -0.1) is 0 Å². The third kappa shape index (κ3) is 4.90. The SMILES string of the molecule is Cc1cc(NCc2ccccc2Cl)nc(NCC(C)C)n1. The van der Waals surface area contributed by atoms with E-state index >= 15 is 0 Å². The summed E-state index contributed by atoms with van der Waals surface area (Å²) in [6.07, 6.45) is 0. The smallest absolute Gasteiger partial charge is 0.224 e. The highest BCUT2D eigenvalue weighted by Gasteiger charge is 2.04. The monoisotopic (exact) mass is 304 g/mol. The lowest BCUT2D eigenvalue weighted by molar-refractivity contribution is 0.684. The van der Waals surface area contributed by atoms with Gasteiger partial charge in [-0.25, -0.2) is 4.98 Å². The molecule has 0 radical (unpaired) electrons. The van der Waals surface area contributed by atoms with Gasteiger partial charge < -0.3 is 10.6 Å². The third-order valence-electron chi connectivity index (χ3n) is 2.94. The first-order valence-electron chi connectivity index (χ1n) is 7.11. The van der Waals surface area contributed by atoms with Crippen LogP contribution in [0.5, 0.6) is 0 Å². The first kappa shape index (κ1) is 15.6. The summed E-state index contributed by atoms with van der Waals surface area (Å²) in [4.78, 5) is 8.86. The van der Waals surface area contributed by atoms with Crippen LogP contribution >= 0.6 is 11.6 Å². The maximum absolute atomic E-state index is 6.15. The topological polar surface area (TPSA) is 49.8 Å². The molecule has 0 aliphatic carbocycles. The lowest BCUT2D eigenvalue weighted by Crippen LogP contribution is -2.12. The summed E-state index contributed by atoms with van der Waals surface area (Å²) in [7, 11) is 0. The summed E-state index contributed by atoms with van der Waals surface area (Å²) in [5.41, 5.74) is 1.98. The molecule has 0 aliphatic rings. The van der Waals surface area contributed by atoms with Gasteiger partial charge in [0.1, 0.15) is 5.82 Å². The van der Waals surface area contributed by atoms with Gasteiger partial charge in [0.2, 0.25) is 5.95 Å². The molecule has 4 nitrogen and oxygen atoms in total. The molecule has 1 aromatic carbocycles. The number of nitrogens with one attached hydrogen (secondary N) is 2. The molecule has 5 heteroatoms. The van der Waals surface area contributed by atoms with Gasteiger partial charge in [0.25, 0.3) is 0 Å². The van der Waals surface area contributed by atoms with E-state index in [4.69, 9.17) is 11.6 Å². The number of nitrogens with zero attached hydrogens (tertiary/aromatic N) is 2. The number of aryl methyl sites for hydroxylation is 1. The molecule has 2 N–H and O–H groups in total. The summed E-state index contributed by atoms with van der Waals surface area (Å²) < 4.78 is 0. The fraction of sp³-hybridized carbons (Fsp3) is 0.375. The second-order valence-corrected chi connectivity index (χ2v) is 5.85. The Morgan fingerprint density at radius 1 is 1.14 bits per heavy atom. The van der Waals surface area contributed by atoms with Gasteiger partial charge in [-0.05, 0) is 24.5 Å². The maximum atomic E-state index is 6.15. The zero-order chi connectivity index (χ0) is 15.2. The van der Waals surface area contributed by atoms with Crippen LogP contribution in [0.2, 0.25) is 5.02 Å². The van der Waals surface area contributed by atoms with Crippen LogP contribution < -0.4 is 10.6 Å². The average molecular weight is 305 g/mol. The molecule has 0 atom stereocenters. The van der Waals surface area contributed by atoms with E-state index in [2.05, 4.69) is 34.4 Å². The normalized spacial score (nSPS) is 10.7. The van der Waals surface area contributed by atoms with Crippen molar-refractivity contribution in [3.8, 4) is 0 Å². The Morgan fingerprint density at radius 2 is 1.90 bits per heavy atom. The molecule has 0 amide bonds. The molecule has 1 heterocycles. The first-order chi connectivity index (χ1) is 10.0. The molecular weight excluding hydrogens is 284 g/mol. The lowest BCUT2D eigenvalue weighted by Gasteiger charge is -2.11. The molecule has 0 spiro atoms. The number of rotatable bonds is 6. The Labute approximate surface area is 131 Å². The molecule has 21 heavy (non-hydrogen) atoms. The molecule has 112 valence electrons. The van der Waals surface area contributed by atoms with Crippen molar-refractivity contribution in [2.45, 2.75) is 27.3 Å². The quantitative estimate of drug-likeness (QED) is 0.843. The van der Waals surface area contributed by atoms with E-state index in [1.165, 1.54) is 0 Å². The Morgan fingerprint density at radius 3 is 2.62 bits per heavy atom. The van der Waals surface area contributed by atoms with Crippen molar-refractivity contribution < 1.29 is 0 Å². The molecule has 1 aromatic heterocycles. The van der Waals surface area contributed by atoms with E-state index in [0.29, 0.717) is 18.4 Å². The molecule has 0 saturated heterocycles. The van der Waals surface area contributed by atoms with Crippen molar-refractivity contribution in [2.75, 3.05) is 17.2 Å². The van der Waals surface area contributed by atoms with Crippen LogP contribution in [0.1, 0.15) is 25.1 Å². The van der Waals surface area contributed by atoms with Crippen LogP contribution in [0.3, 0.4) is 0 Å². The molecular formula is C16H21ClN4. The van der Waals surface area contributed by atoms with Gasteiger partial charge in [-0.1, -0.05) is 43.6 Å². The highest BCUT2D eigenvalue weighted by atomic mass is 35.5. The number of halogens is 1. The van der Waals surface area contributed by atoms with Crippen molar-refractivity contribution in [3.63, 3.8) is 0 Å². The minimum absolute atomic E-state index is 0.550. The van der Waals surface area contributed by atoms with Crippen LogP contribution in [-0.4, -0.2) is 16.5 Å². The fourth-order valence-corrected chi connectivity index (χ4v) is 2.06. The minimum atomic E-state index is 0.550. The van der Waals surface area contributed by atoms with Crippen molar-refractivity contribution in [3.05, 3.63) is 46.6 Å². The molecule has 0 bridgehead atoms. The van der Waals surface area contributed by atoms with E-state index in [1.54, 1.807) is 0 Å². The number of hydrogen-bond donors (Lipinski definition) is 2. The Balaban J connectivity index is 2.04. The second-order valence-electron chi connectivity index (χ2n) is 5.44. The number of aromatic nitrogens is 2. The first-order valence-corrected chi connectivity index (χ1v) is 7.49. The predicted octanol–water partition coefficient (Wildman–Crippen LogP) is 4.12. The second kappa shape index (κ2) is 7.27. The predicted molar refractivity (Wildman–Crippen MR) is 88.9 cm³/mol. The standard InChI is InChI=1S/C16H21ClN4/c1-11(2)9-19-16-20-12(3)8-15(21-16)18-10-13-6-4-5-7-14(13)17/h4-8,11H,9-10H2,1-3H3,(H2,18,19,20,21). The van der Waals surface area contributed by atoms with Crippen molar-refractivity contribution in [2.24, 2.45) is 5.92 Å². The molecule has 0 fully saturated rings. The van der Waals surface area contributed by atoms with Crippen LogP contribution in [-0.2, 0) is 6.54 Å². The Bertz CT molecular complexity index is 599. The molecule has 2 rings (SSSR count). The highest BCUT2D eigenvalue weighted by Crippen LogP contribution is 2.17. The summed E-state index contributed by atoms with van der Waals surface area (Å²) in [5, 5.41) is 7.30. The summed E-state index contributed by atoms with van der Waals surface area (Å²) in [5.74, 6) is 2.01. The van der Waals surface area contributed by atoms with Gasteiger partial charge >= 0.3 is 0 Å². The molecule has 0 saturated carbocycles. The molecule has 0 aliphatic heterocycles. The van der Waals surface area contributed by atoms with Gasteiger partial charge in [0.05, 0.1) is 0 Å².